The zero-order valence-corrected chi connectivity index (χ0v) is 19.7. The Hall–Kier alpha value is -3.58. The Bertz CT molecular complexity index is 1390. The van der Waals surface area contributed by atoms with Crippen molar-refractivity contribution in [1.82, 2.24) is 25.3 Å². The second kappa shape index (κ2) is 8.57. The average molecular weight is 464 g/mol. The molecule has 1 aliphatic heterocycles. The first-order chi connectivity index (χ1) is 17.3. The van der Waals surface area contributed by atoms with Crippen molar-refractivity contribution in [3.8, 4) is 11.4 Å². The van der Waals surface area contributed by atoms with Crippen molar-refractivity contribution in [1.29, 1.82) is 0 Å². The van der Waals surface area contributed by atoms with Gasteiger partial charge in [-0.2, -0.15) is 0 Å². The molecule has 7 heteroatoms. The van der Waals surface area contributed by atoms with Crippen molar-refractivity contribution in [2.24, 2.45) is 0 Å². The van der Waals surface area contributed by atoms with Crippen LogP contribution in [0.5, 0.6) is 0 Å². The van der Waals surface area contributed by atoms with Crippen LogP contribution in [0.2, 0.25) is 0 Å². The summed E-state index contributed by atoms with van der Waals surface area (Å²) < 4.78 is 0. The molecule has 0 bridgehead atoms. The van der Waals surface area contributed by atoms with Gasteiger partial charge >= 0.3 is 0 Å². The summed E-state index contributed by atoms with van der Waals surface area (Å²) in [6, 6.07) is 13.1. The Kier molecular flexibility index (Phi) is 5.09. The number of aromatic nitrogens is 4. The molecule has 2 fully saturated rings. The number of aryl methyl sites for hydroxylation is 1. The highest BCUT2D eigenvalue weighted by Gasteiger charge is 2.29. The summed E-state index contributed by atoms with van der Waals surface area (Å²) in [6.45, 7) is 3.83. The molecule has 1 atom stereocenters. The second-order valence-electron chi connectivity index (χ2n) is 9.87. The van der Waals surface area contributed by atoms with Crippen molar-refractivity contribution < 1.29 is 0 Å². The van der Waals surface area contributed by atoms with E-state index in [1.54, 1.807) is 0 Å². The molecular weight excluding hydrogens is 434 g/mol. The van der Waals surface area contributed by atoms with Crippen LogP contribution in [-0.2, 0) is 6.42 Å². The van der Waals surface area contributed by atoms with Gasteiger partial charge in [-0.25, -0.2) is 15.0 Å². The molecule has 0 radical (unpaired) electrons. The number of benzene rings is 1. The highest BCUT2D eigenvalue weighted by molar-refractivity contribution is 5.94. The lowest BCUT2D eigenvalue weighted by Crippen LogP contribution is -2.44. The zero-order valence-electron chi connectivity index (χ0n) is 19.7. The van der Waals surface area contributed by atoms with E-state index in [-0.39, 0.29) is 6.04 Å². The highest BCUT2D eigenvalue weighted by Crippen LogP contribution is 2.45. The minimum Gasteiger partial charge on any atom is -0.363 e. The van der Waals surface area contributed by atoms with Crippen molar-refractivity contribution in [2.45, 2.75) is 37.6 Å². The van der Waals surface area contributed by atoms with E-state index >= 15 is 0 Å². The molecule has 2 N–H and O–H groups in total. The van der Waals surface area contributed by atoms with Gasteiger partial charge in [0.1, 0.15) is 11.6 Å². The molecule has 3 aliphatic rings. The number of nitrogens with zero attached hydrogens (tertiary/aromatic N) is 5. The summed E-state index contributed by atoms with van der Waals surface area (Å²) in [5, 5.41) is 8.30. The number of anilines is 2. The monoisotopic (exact) mass is 463 g/mol. The van der Waals surface area contributed by atoms with Gasteiger partial charge in [-0.3, -0.25) is 4.98 Å². The van der Waals surface area contributed by atoms with Crippen LogP contribution < -0.4 is 15.5 Å². The molecule has 1 saturated heterocycles. The normalized spacial score (nSPS) is 19.7. The van der Waals surface area contributed by atoms with E-state index in [1.165, 1.54) is 34.9 Å². The van der Waals surface area contributed by atoms with Gasteiger partial charge in [-0.1, -0.05) is 24.3 Å². The first kappa shape index (κ1) is 20.8. The van der Waals surface area contributed by atoms with Crippen LogP contribution in [0, 0.1) is 0 Å². The molecular formula is C28H29N7. The quantitative estimate of drug-likeness (QED) is 0.452. The van der Waals surface area contributed by atoms with Crippen molar-refractivity contribution >= 4 is 22.5 Å². The van der Waals surface area contributed by atoms with Crippen molar-refractivity contribution in [3.05, 3.63) is 71.7 Å². The Balaban J connectivity index is 1.28. The lowest BCUT2D eigenvalue weighted by Gasteiger charge is -2.30. The van der Waals surface area contributed by atoms with Crippen molar-refractivity contribution in [2.75, 3.05) is 36.4 Å². The fraction of sp³-hybridized carbons (Fsp3) is 0.357. The van der Waals surface area contributed by atoms with E-state index < -0.39 is 0 Å². The van der Waals surface area contributed by atoms with Gasteiger partial charge in [0.15, 0.2) is 5.82 Å². The van der Waals surface area contributed by atoms with Crippen LogP contribution in [0.25, 0.3) is 22.3 Å². The van der Waals surface area contributed by atoms with Gasteiger partial charge in [-0.15, -0.1) is 0 Å². The fourth-order valence-corrected chi connectivity index (χ4v) is 5.56. The molecule has 1 aromatic carbocycles. The highest BCUT2D eigenvalue weighted by atomic mass is 15.2. The number of rotatable bonds is 5. The summed E-state index contributed by atoms with van der Waals surface area (Å²) >= 11 is 0. The summed E-state index contributed by atoms with van der Waals surface area (Å²) in [5.41, 5.74) is 6.02. The molecule has 0 spiro atoms. The number of hydrogen-bond donors (Lipinski definition) is 2. The first-order valence-electron chi connectivity index (χ1n) is 12.8. The molecule has 4 aromatic rings. The van der Waals surface area contributed by atoms with Gasteiger partial charge in [0.2, 0.25) is 0 Å². The fourth-order valence-electron chi connectivity index (χ4n) is 5.56. The summed E-state index contributed by atoms with van der Waals surface area (Å²) in [4.78, 5) is 21.8. The van der Waals surface area contributed by atoms with E-state index in [0.29, 0.717) is 5.92 Å². The summed E-state index contributed by atoms with van der Waals surface area (Å²) in [7, 11) is 0. The predicted molar refractivity (Wildman–Crippen MR) is 139 cm³/mol. The van der Waals surface area contributed by atoms with Crippen LogP contribution in [0.1, 0.15) is 47.9 Å². The largest absolute Gasteiger partial charge is 0.363 e. The molecule has 0 amide bonds. The van der Waals surface area contributed by atoms with Crippen LogP contribution >= 0.6 is 0 Å². The van der Waals surface area contributed by atoms with Crippen LogP contribution in [-0.4, -0.2) is 46.1 Å². The maximum atomic E-state index is 5.18. The summed E-state index contributed by atoms with van der Waals surface area (Å²) in [5.74, 6) is 3.24. The predicted octanol–water partition coefficient (Wildman–Crippen LogP) is 4.47. The maximum Gasteiger partial charge on any atom is 0.162 e. The van der Waals surface area contributed by atoms with E-state index in [4.69, 9.17) is 9.97 Å². The lowest BCUT2D eigenvalue weighted by atomic mass is 10.1. The number of pyridine rings is 2. The number of fused-ring (bicyclic) bond motifs is 2. The van der Waals surface area contributed by atoms with E-state index in [1.807, 2.05) is 24.7 Å². The standard InChI is InChI=1S/C28H29N7/c1-2-4-21-18(3-1)7-8-23(21)32-25-15-20(9-10-31-25)27-33-24-17-30-16-22(19-5-6-19)26(24)28(34-27)35-13-11-29-12-14-35/h1-4,9-10,15-17,19,23,29H,5-8,11-14H2,(H,31,32)/t23-/m1/s1. The average Bonchev–Trinajstić information content (AvgIpc) is 3.69. The third-order valence-corrected chi connectivity index (χ3v) is 7.52. The summed E-state index contributed by atoms with van der Waals surface area (Å²) in [6.07, 6.45) is 10.4. The molecule has 2 aliphatic carbocycles. The molecule has 1 saturated carbocycles. The van der Waals surface area contributed by atoms with E-state index in [0.717, 1.165) is 67.6 Å². The smallest absolute Gasteiger partial charge is 0.162 e. The Labute approximate surface area is 205 Å². The van der Waals surface area contributed by atoms with Gasteiger partial charge in [0.25, 0.3) is 0 Å². The maximum absolute atomic E-state index is 5.18. The molecule has 35 heavy (non-hydrogen) atoms. The van der Waals surface area contributed by atoms with Crippen LogP contribution in [0.15, 0.2) is 55.0 Å². The van der Waals surface area contributed by atoms with Gasteiger partial charge in [0.05, 0.1) is 17.8 Å². The first-order valence-corrected chi connectivity index (χ1v) is 12.8. The van der Waals surface area contributed by atoms with Crippen molar-refractivity contribution in [3.63, 3.8) is 0 Å². The lowest BCUT2D eigenvalue weighted by molar-refractivity contribution is 0.586. The third-order valence-electron chi connectivity index (χ3n) is 7.52. The second-order valence-corrected chi connectivity index (χ2v) is 9.87. The van der Waals surface area contributed by atoms with E-state index in [9.17, 15) is 0 Å². The Morgan fingerprint density at radius 2 is 1.83 bits per heavy atom. The topological polar surface area (TPSA) is 78.9 Å². The Morgan fingerprint density at radius 1 is 0.943 bits per heavy atom. The number of hydrogen-bond acceptors (Lipinski definition) is 7. The van der Waals surface area contributed by atoms with E-state index in [2.05, 4.69) is 55.8 Å². The molecule has 4 heterocycles. The molecule has 0 unspecified atom stereocenters. The SMILES string of the molecule is c1ccc2c(c1)CC[C@H]2Nc1cc(-c2nc(N3CCNCC3)c3c(C4CC4)cncc3n2)ccn1. The van der Waals surface area contributed by atoms with Crippen LogP contribution in [0.4, 0.5) is 11.6 Å². The molecule has 7 rings (SSSR count). The van der Waals surface area contributed by atoms with Gasteiger partial charge in [-0.05, 0) is 60.4 Å². The number of piperazine rings is 1. The molecule has 3 aromatic heterocycles. The Morgan fingerprint density at radius 3 is 2.71 bits per heavy atom. The zero-order chi connectivity index (χ0) is 23.2. The van der Waals surface area contributed by atoms with Gasteiger partial charge in [0, 0.05) is 49.5 Å². The minimum absolute atomic E-state index is 0.285. The van der Waals surface area contributed by atoms with Crippen LogP contribution in [0.3, 0.4) is 0 Å². The third kappa shape index (κ3) is 3.90. The molecule has 7 nitrogen and oxygen atoms in total. The number of nitrogens with one attached hydrogen (secondary N) is 2. The molecule has 176 valence electrons. The van der Waals surface area contributed by atoms with Gasteiger partial charge < -0.3 is 15.5 Å². The minimum atomic E-state index is 0.285.